The van der Waals surface area contributed by atoms with E-state index in [1.807, 2.05) is 0 Å². The minimum absolute atomic E-state index is 0. The van der Waals surface area contributed by atoms with Crippen molar-refractivity contribution < 1.29 is 74.7 Å². The number of nitrogens with zero attached hydrogens (tertiary/aromatic N) is 8. The summed E-state index contributed by atoms with van der Waals surface area (Å²) in [6.45, 7) is 0. The Kier molecular flexibility index (Phi) is 10.1. The van der Waals surface area contributed by atoms with E-state index >= 15 is 0 Å². The van der Waals surface area contributed by atoms with Gasteiger partial charge in [-0.3, -0.25) is 9.11 Å². The van der Waals surface area contributed by atoms with Crippen LogP contribution in [0.3, 0.4) is 0 Å². The summed E-state index contributed by atoms with van der Waals surface area (Å²) >= 11 is 1.39. The average Bonchev–Trinajstić information content (AvgIpc) is 3.90. The zero-order valence-electron chi connectivity index (χ0n) is 27.9. The molecule has 7 aromatic rings. The Labute approximate surface area is 339 Å². The quantitative estimate of drug-likeness (QED) is 0.0483. The number of hydrogen-bond acceptors (Lipinski definition) is 18. The van der Waals surface area contributed by atoms with Gasteiger partial charge in [0.2, 0.25) is 0 Å². The maximum absolute atomic E-state index is 12.2. The zero-order chi connectivity index (χ0) is 38.9. The van der Waals surface area contributed by atoms with Crippen LogP contribution in [-0.2, 0) is 58.5 Å². The molecule has 9 rings (SSSR count). The van der Waals surface area contributed by atoms with Gasteiger partial charge in [0, 0.05) is 54.6 Å². The maximum atomic E-state index is 12.2. The third kappa shape index (κ3) is 7.18. The maximum Gasteiger partial charge on any atom is 2.00 e. The SMILES string of the molecule is O=S(=O)(O)c1ccc2c(c1)-c1nc-2nc2[n-]c(nc3nc(nc4[n-]c(n1)c1ccc(SOOO)cc41)-c1ccc(SOOO)cc1-3)c1ccc(S(=O)(=O)O)cc21.[Zn+2]. The first-order chi connectivity index (χ1) is 26.9. The third-order valence-corrected chi connectivity index (χ3v) is 11.4. The number of benzene rings is 4. The second-order valence-electron chi connectivity index (χ2n) is 11.7. The Morgan fingerprint density at radius 3 is 1.42 bits per heavy atom. The molecule has 0 amide bonds. The van der Waals surface area contributed by atoms with Crippen molar-refractivity contribution in [2.24, 2.45) is 0 Å². The topological polar surface area (TPSA) is 292 Å². The number of rotatable bonds is 8. The Morgan fingerprint density at radius 2 is 0.877 bits per heavy atom. The predicted octanol–water partition coefficient (Wildman–Crippen LogP) is 5.47. The number of hydrogen-bond donors (Lipinski definition) is 4. The van der Waals surface area contributed by atoms with Gasteiger partial charge in [-0.2, -0.15) is 16.8 Å². The van der Waals surface area contributed by atoms with Gasteiger partial charge in [-0.25, -0.2) is 20.5 Å². The van der Waals surface area contributed by atoms with Crippen molar-refractivity contribution in [1.82, 2.24) is 39.9 Å². The van der Waals surface area contributed by atoms with Crippen molar-refractivity contribution in [1.29, 1.82) is 0 Å². The Bertz CT molecular complexity index is 3220. The van der Waals surface area contributed by atoms with E-state index in [0.29, 0.717) is 61.2 Å². The molecule has 0 aliphatic carbocycles. The van der Waals surface area contributed by atoms with E-state index in [9.17, 15) is 25.9 Å². The van der Waals surface area contributed by atoms with Gasteiger partial charge in [-0.05, 0) is 70.1 Å². The van der Waals surface area contributed by atoms with Crippen LogP contribution in [0.4, 0.5) is 0 Å². The summed E-state index contributed by atoms with van der Waals surface area (Å²) in [7, 11) is -9.36. The summed E-state index contributed by atoms with van der Waals surface area (Å²) < 4.78 is 77.9. The predicted molar refractivity (Wildman–Crippen MR) is 195 cm³/mol. The first-order valence-electron chi connectivity index (χ1n) is 15.4. The van der Waals surface area contributed by atoms with Crippen molar-refractivity contribution in [2.75, 3.05) is 0 Å². The summed E-state index contributed by atoms with van der Waals surface area (Å²) in [5.41, 5.74) is 1.51. The number of fused-ring (bicyclic) bond motifs is 20. The molecule has 0 saturated carbocycles. The van der Waals surface area contributed by atoms with E-state index in [4.69, 9.17) is 35.4 Å². The van der Waals surface area contributed by atoms with E-state index in [2.05, 4.69) is 33.7 Å². The summed E-state index contributed by atoms with van der Waals surface area (Å²) in [6.07, 6.45) is 0. The molecular formula is C32H16N8O12S4Zn. The standard InChI is InChI=1S/C32H16N8O12S4.Zn/c41-49-51-53-13-1-5-17-21(9-13)30-34-25(17)33-29-22-10-14(54-52-50-42)2-6-18(22)26(35-29)37-31-24-12-16(56(46,47)48)4-8-20(24)28(39-31)40-32-23-11-15(55(43,44)45)3-7-19(23)27(36-30)38-32;/h1-12H,(H4-2,33,34,35,36,37,38,39,40,41,42,43,44,45,46,47,48);/q-2;+2. The summed E-state index contributed by atoms with van der Waals surface area (Å²) in [5, 5.41) is 26.4. The molecule has 57 heavy (non-hydrogen) atoms. The average molecular weight is 898 g/mol. The fourth-order valence-corrected chi connectivity index (χ4v) is 7.92. The van der Waals surface area contributed by atoms with Crippen LogP contribution in [0.2, 0.25) is 0 Å². The molecule has 0 unspecified atom stereocenters. The fourth-order valence-electron chi connectivity index (χ4n) is 6.11. The fraction of sp³-hybridized carbons (Fsp3) is 0. The Balaban J connectivity index is 0.00000455. The molecule has 20 nitrogen and oxygen atoms in total. The van der Waals surface area contributed by atoms with E-state index in [1.165, 1.54) is 30.3 Å². The van der Waals surface area contributed by atoms with Crippen LogP contribution in [0.1, 0.15) is 0 Å². The normalized spacial score (nSPS) is 12.4. The van der Waals surface area contributed by atoms with Crippen LogP contribution >= 0.6 is 24.1 Å². The Hall–Kier alpha value is -4.86. The summed E-state index contributed by atoms with van der Waals surface area (Å²) in [4.78, 5) is 37.6. The summed E-state index contributed by atoms with van der Waals surface area (Å²) in [5.74, 6) is 0.163. The van der Waals surface area contributed by atoms with Gasteiger partial charge in [-0.1, -0.05) is 34.3 Å². The third-order valence-electron chi connectivity index (χ3n) is 8.50. The zero-order valence-corrected chi connectivity index (χ0v) is 34.1. The van der Waals surface area contributed by atoms with Crippen molar-refractivity contribution in [3.05, 3.63) is 72.8 Å². The first kappa shape index (κ1) is 39.0. The van der Waals surface area contributed by atoms with Crippen molar-refractivity contribution in [3.8, 4) is 45.6 Å². The van der Waals surface area contributed by atoms with Gasteiger partial charge in [0.15, 0.2) is 0 Å². The van der Waals surface area contributed by atoms with Gasteiger partial charge in [-0.15, -0.1) is 8.67 Å². The van der Waals surface area contributed by atoms with Gasteiger partial charge in [0.05, 0.1) is 57.2 Å². The van der Waals surface area contributed by atoms with E-state index in [0.717, 1.165) is 6.07 Å². The molecule has 0 spiro atoms. The molecule has 0 fully saturated rings. The van der Waals surface area contributed by atoms with Gasteiger partial charge in [0.1, 0.15) is 0 Å². The molecule has 282 valence electrons. The van der Waals surface area contributed by atoms with Crippen LogP contribution in [0.15, 0.2) is 92.4 Å². The van der Waals surface area contributed by atoms with Gasteiger partial charge in [0.25, 0.3) is 20.2 Å². The molecule has 0 radical (unpaired) electrons. The molecule has 25 heteroatoms. The van der Waals surface area contributed by atoms with E-state index in [1.54, 1.807) is 36.4 Å². The molecule has 8 bridgehead atoms. The first-order valence-corrected chi connectivity index (χ1v) is 19.8. The van der Waals surface area contributed by atoms with Crippen LogP contribution in [0.25, 0.3) is 89.7 Å². The van der Waals surface area contributed by atoms with Gasteiger partial charge >= 0.3 is 19.5 Å². The molecule has 0 atom stereocenters. The monoisotopic (exact) mass is 896 g/mol. The van der Waals surface area contributed by atoms with Crippen LogP contribution in [-0.4, -0.2) is 66.4 Å². The van der Waals surface area contributed by atoms with E-state index < -0.39 is 30.0 Å². The summed E-state index contributed by atoms with van der Waals surface area (Å²) in [6, 6.07) is 17.3. The smallest absolute Gasteiger partial charge is 0.357 e. The second kappa shape index (κ2) is 14.8. The van der Waals surface area contributed by atoms with Gasteiger partial charge < -0.3 is 29.9 Å². The molecule has 3 aromatic heterocycles. The molecule has 2 aliphatic heterocycles. The largest absolute Gasteiger partial charge is 2.00 e. The molecule has 4 aromatic carbocycles. The van der Waals surface area contributed by atoms with Crippen molar-refractivity contribution >= 4 is 88.5 Å². The van der Waals surface area contributed by atoms with Crippen LogP contribution in [0, 0.1) is 0 Å². The molecule has 5 heterocycles. The van der Waals surface area contributed by atoms with Crippen molar-refractivity contribution in [3.63, 3.8) is 0 Å². The molecule has 4 N–H and O–H groups in total. The minimum atomic E-state index is -4.68. The van der Waals surface area contributed by atoms with Crippen LogP contribution in [0.5, 0.6) is 0 Å². The molecule has 2 aliphatic rings. The Morgan fingerprint density at radius 1 is 0.474 bits per heavy atom. The van der Waals surface area contributed by atoms with Crippen molar-refractivity contribution in [2.45, 2.75) is 19.6 Å². The second-order valence-corrected chi connectivity index (χ2v) is 16.1. The van der Waals surface area contributed by atoms with E-state index in [-0.39, 0.29) is 81.9 Å². The molecular weight excluding hydrogens is 882 g/mol. The number of aromatic nitrogens is 8. The minimum Gasteiger partial charge on any atom is -0.357 e. The molecule has 0 saturated heterocycles. The van der Waals surface area contributed by atoms with Crippen LogP contribution < -0.4 is 9.97 Å².